The number of nitrogens with zero attached hydrogens (tertiary/aromatic N) is 2. The number of hydrogen-bond acceptors (Lipinski definition) is 4. The van der Waals surface area contributed by atoms with Crippen molar-refractivity contribution < 1.29 is 14.4 Å². The van der Waals surface area contributed by atoms with Gasteiger partial charge in [-0.25, -0.2) is 4.79 Å². The number of carbonyl (C=O) groups is 3. The van der Waals surface area contributed by atoms with Gasteiger partial charge in [-0.2, -0.15) is 0 Å². The van der Waals surface area contributed by atoms with Gasteiger partial charge in [0.25, 0.3) is 0 Å². The molecule has 2 aliphatic rings. The Balaban J connectivity index is 1.64. The van der Waals surface area contributed by atoms with Crippen molar-refractivity contribution in [1.29, 1.82) is 0 Å². The number of hydrogen-bond donors (Lipinski definition) is 2. The van der Waals surface area contributed by atoms with Crippen molar-refractivity contribution in [2.45, 2.75) is 44.9 Å². The summed E-state index contributed by atoms with van der Waals surface area (Å²) in [6.07, 6.45) is 7.17. The quantitative estimate of drug-likeness (QED) is 0.777. The number of nitrogens with one attached hydrogen (secondary N) is 1. The zero-order valence-corrected chi connectivity index (χ0v) is 13.8. The third kappa shape index (κ3) is 6.17. The van der Waals surface area contributed by atoms with Crippen LogP contribution in [0.4, 0.5) is 4.79 Å². The molecule has 1 saturated carbocycles. The average Bonchev–Trinajstić information content (AvgIpc) is 2.54. The van der Waals surface area contributed by atoms with E-state index in [2.05, 4.69) is 10.2 Å². The maximum Gasteiger partial charge on any atom is 0.318 e. The molecule has 7 heteroatoms. The second kappa shape index (κ2) is 8.86. The monoisotopic (exact) mass is 324 g/mol. The Morgan fingerprint density at radius 2 is 1.65 bits per heavy atom. The Morgan fingerprint density at radius 3 is 2.26 bits per heavy atom. The lowest BCUT2D eigenvalue weighted by Crippen LogP contribution is -2.49. The lowest BCUT2D eigenvalue weighted by molar-refractivity contribution is -0.134. The number of nitrogens with two attached hydrogens (primary N) is 1. The number of imide groups is 1. The molecule has 0 atom stereocenters. The Hall–Kier alpha value is -1.63. The maximum absolute atomic E-state index is 12.4. The van der Waals surface area contributed by atoms with Gasteiger partial charge in [0, 0.05) is 45.6 Å². The molecule has 0 radical (unpaired) electrons. The summed E-state index contributed by atoms with van der Waals surface area (Å²) in [6.45, 7) is 3.59. The molecule has 1 aliphatic carbocycles. The van der Waals surface area contributed by atoms with E-state index in [1.54, 1.807) is 0 Å². The lowest BCUT2D eigenvalue weighted by atomic mass is 9.86. The highest BCUT2D eigenvalue weighted by Gasteiger charge is 2.24. The maximum atomic E-state index is 12.4. The zero-order valence-electron chi connectivity index (χ0n) is 13.8. The van der Waals surface area contributed by atoms with Crippen LogP contribution in [0.3, 0.4) is 0 Å². The van der Waals surface area contributed by atoms with Crippen LogP contribution in [0.5, 0.6) is 0 Å². The van der Waals surface area contributed by atoms with E-state index in [4.69, 9.17) is 5.73 Å². The summed E-state index contributed by atoms with van der Waals surface area (Å²) in [5, 5.41) is 2.06. The number of urea groups is 1. The number of amides is 4. The van der Waals surface area contributed by atoms with Crippen molar-refractivity contribution in [2.75, 3.05) is 32.7 Å². The molecule has 0 aromatic rings. The molecule has 130 valence electrons. The third-order valence-corrected chi connectivity index (χ3v) is 4.83. The van der Waals surface area contributed by atoms with E-state index in [-0.39, 0.29) is 18.2 Å². The predicted molar refractivity (Wildman–Crippen MR) is 86.6 cm³/mol. The van der Waals surface area contributed by atoms with Gasteiger partial charge in [-0.05, 0) is 18.8 Å². The lowest BCUT2D eigenvalue weighted by Gasteiger charge is -2.35. The van der Waals surface area contributed by atoms with Gasteiger partial charge >= 0.3 is 6.03 Å². The number of rotatable bonds is 5. The zero-order chi connectivity index (χ0) is 16.7. The minimum atomic E-state index is -0.812. The summed E-state index contributed by atoms with van der Waals surface area (Å²) in [5.41, 5.74) is 4.90. The molecular weight excluding hydrogens is 296 g/mol. The first kappa shape index (κ1) is 17.7. The summed E-state index contributed by atoms with van der Waals surface area (Å²) in [4.78, 5) is 38.4. The van der Waals surface area contributed by atoms with Crippen molar-refractivity contribution in [1.82, 2.24) is 15.1 Å². The van der Waals surface area contributed by atoms with Gasteiger partial charge in [0.2, 0.25) is 11.8 Å². The average molecular weight is 324 g/mol. The van der Waals surface area contributed by atoms with Gasteiger partial charge in [0.1, 0.15) is 0 Å². The van der Waals surface area contributed by atoms with Gasteiger partial charge in [-0.15, -0.1) is 0 Å². The van der Waals surface area contributed by atoms with Gasteiger partial charge < -0.3 is 10.6 Å². The van der Waals surface area contributed by atoms with Crippen LogP contribution in [-0.2, 0) is 9.59 Å². The van der Waals surface area contributed by atoms with Crippen molar-refractivity contribution in [2.24, 2.45) is 11.7 Å². The van der Waals surface area contributed by atoms with Crippen LogP contribution in [0.1, 0.15) is 44.9 Å². The second-order valence-corrected chi connectivity index (χ2v) is 6.59. The summed E-state index contributed by atoms with van der Waals surface area (Å²) in [5.74, 6) is 0.503. The van der Waals surface area contributed by atoms with Crippen LogP contribution in [0.25, 0.3) is 0 Å². The normalized spacial score (nSPS) is 20.3. The minimum absolute atomic E-state index is 0.249. The fourth-order valence-electron chi connectivity index (χ4n) is 3.45. The molecule has 4 amide bonds. The number of primary amides is 1. The van der Waals surface area contributed by atoms with Gasteiger partial charge in [-0.1, -0.05) is 19.3 Å². The van der Waals surface area contributed by atoms with E-state index in [1.807, 2.05) is 4.90 Å². The molecule has 1 saturated heterocycles. The SMILES string of the molecule is NC(=O)NC(=O)CCN1CCN(C(=O)CC2CCCCC2)CC1. The van der Waals surface area contributed by atoms with E-state index in [0.29, 0.717) is 18.9 Å². The molecule has 2 rings (SSSR count). The van der Waals surface area contributed by atoms with Crippen LogP contribution >= 0.6 is 0 Å². The third-order valence-electron chi connectivity index (χ3n) is 4.83. The number of piperazine rings is 1. The molecule has 7 nitrogen and oxygen atoms in total. The van der Waals surface area contributed by atoms with Crippen LogP contribution in [-0.4, -0.2) is 60.4 Å². The first-order valence-corrected chi connectivity index (χ1v) is 8.64. The van der Waals surface area contributed by atoms with Crippen molar-refractivity contribution in [3.05, 3.63) is 0 Å². The van der Waals surface area contributed by atoms with Gasteiger partial charge in [0.05, 0.1) is 0 Å². The smallest absolute Gasteiger partial charge is 0.318 e. The van der Waals surface area contributed by atoms with Gasteiger partial charge in [-0.3, -0.25) is 19.8 Å². The molecule has 1 aliphatic heterocycles. The van der Waals surface area contributed by atoms with Crippen molar-refractivity contribution in [3.8, 4) is 0 Å². The van der Waals surface area contributed by atoms with Crippen LogP contribution in [0, 0.1) is 5.92 Å². The van der Waals surface area contributed by atoms with E-state index in [1.165, 1.54) is 32.1 Å². The van der Waals surface area contributed by atoms with E-state index in [0.717, 1.165) is 26.2 Å². The highest BCUT2D eigenvalue weighted by atomic mass is 16.2. The molecular formula is C16H28N4O3. The molecule has 0 unspecified atom stereocenters. The highest BCUT2D eigenvalue weighted by molar-refractivity contribution is 5.93. The molecule has 23 heavy (non-hydrogen) atoms. The van der Waals surface area contributed by atoms with Crippen LogP contribution < -0.4 is 11.1 Å². The standard InChI is InChI=1S/C16H28N4O3/c17-16(23)18-14(21)6-7-19-8-10-20(11-9-19)15(22)12-13-4-2-1-3-5-13/h13H,1-12H2,(H3,17,18,21,23). The minimum Gasteiger partial charge on any atom is -0.351 e. The first-order chi connectivity index (χ1) is 11.0. The fourth-order valence-corrected chi connectivity index (χ4v) is 3.45. The molecule has 0 spiro atoms. The van der Waals surface area contributed by atoms with Crippen molar-refractivity contribution >= 4 is 17.8 Å². The van der Waals surface area contributed by atoms with E-state index < -0.39 is 6.03 Å². The van der Waals surface area contributed by atoms with Crippen LogP contribution in [0.15, 0.2) is 0 Å². The molecule has 2 fully saturated rings. The second-order valence-electron chi connectivity index (χ2n) is 6.59. The van der Waals surface area contributed by atoms with Crippen LogP contribution in [0.2, 0.25) is 0 Å². The highest BCUT2D eigenvalue weighted by Crippen LogP contribution is 2.27. The summed E-state index contributed by atoms with van der Waals surface area (Å²) in [6, 6.07) is -0.812. The fraction of sp³-hybridized carbons (Fsp3) is 0.812. The van der Waals surface area contributed by atoms with Gasteiger partial charge in [0.15, 0.2) is 0 Å². The predicted octanol–water partition coefficient (Wildman–Crippen LogP) is 0.686. The molecule has 0 aromatic heterocycles. The number of carbonyl (C=O) groups excluding carboxylic acids is 3. The first-order valence-electron chi connectivity index (χ1n) is 8.64. The largest absolute Gasteiger partial charge is 0.351 e. The Labute approximate surface area is 137 Å². The molecule has 0 bridgehead atoms. The summed E-state index contributed by atoms with van der Waals surface area (Å²) in [7, 11) is 0. The molecule has 1 heterocycles. The Kier molecular flexibility index (Phi) is 6.83. The topological polar surface area (TPSA) is 95.7 Å². The molecule has 3 N–H and O–H groups in total. The summed E-state index contributed by atoms with van der Waals surface area (Å²) < 4.78 is 0. The molecule has 0 aromatic carbocycles. The summed E-state index contributed by atoms with van der Waals surface area (Å²) >= 11 is 0. The Bertz CT molecular complexity index is 427. The van der Waals surface area contributed by atoms with E-state index >= 15 is 0 Å². The Morgan fingerprint density at radius 1 is 1.00 bits per heavy atom. The van der Waals surface area contributed by atoms with Crippen molar-refractivity contribution in [3.63, 3.8) is 0 Å². The van der Waals surface area contributed by atoms with E-state index in [9.17, 15) is 14.4 Å².